The first-order chi connectivity index (χ1) is 11.3. The summed E-state index contributed by atoms with van der Waals surface area (Å²) in [6.07, 6.45) is 0. The molecule has 0 bridgehead atoms. The van der Waals surface area contributed by atoms with Gasteiger partial charge in [-0.1, -0.05) is 22.5 Å². The van der Waals surface area contributed by atoms with E-state index in [0.717, 1.165) is 33.2 Å². The Balaban J connectivity index is 1.76. The number of rotatable bonds is 3. The summed E-state index contributed by atoms with van der Waals surface area (Å²) in [6.45, 7) is 2.81. The molecule has 2 heterocycles. The molecule has 4 aromatic rings. The van der Waals surface area contributed by atoms with Gasteiger partial charge in [0, 0.05) is 16.6 Å². The number of halogens is 1. The lowest BCUT2D eigenvalue weighted by Gasteiger charge is -1.98. The SMILES string of the molecule is CCn1nnc2cc(-c3noc(-c4ccccc4Br)n3)ccc21. The number of nitrogens with zero attached hydrogens (tertiary/aromatic N) is 5. The van der Waals surface area contributed by atoms with E-state index in [-0.39, 0.29) is 0 Å². The molecule has 0 atom stereocenters. The molecule has 23 heavy (non-hydrogen) atoms. The minimum atomic E-state index is 0.477. The largest absolute Gasteiger partial charge is 0.334 e. The maximum absolute atomic E-state index is 5.39. The van der Waals surface area contributed by atoms with Crippen LogP contribution in [0, 0.1) is 0 Å². The van der Waals surface area contributed by atoms with Crippen LogP contribution in [-0.2, 0) is 6.54 Å². The van der Waals surface area contributed by atoms with E-state index >= 15 is 0 Å². The average Bonchev–Trinajstić information content (AvgIpc) is 3.21. The van der Waals surface area contributed by atoms with Crippen LogP contribution in [0.25, 0.3) is 33.9 Å². The summed E-state index contributed by atoms with van der Waals surface area (Å²) in [7, 11) is 0. The number of benzene rings is 2. The van der Waals surface area contributed by atoms with Crippen molar-refractivity contribution < 1.29 is 4.52 Å². The van der Waals surface area contributed by atoms with Crippen molar-refractivity contribution in [3.8, 4) is 22.8 Å². The summed E-state index contributed by atoms with van der Waals surface area (Å²) in [6, 6.07) is 13.6. The first kappa shape index (κ1) is 14.1. The fourth-order valence-electron chi connectivity index (χ4n) is 2.43. The summed E-state index contributed by atoms with van der Waals surface area (Å²) in [5.41, 5.74) is 3.52. The number of aromatic nitrogens is 5. The van der Waals surface area contributed by atoms with Crippen molar-refractivity contribution >= 4 is 27.0 Å². The van der Waals surface area contributed by atoms with Crippen molar-refractivity contribution in [3.05, 3.63) is 46.9 Å². The van der Waals surface area contributed by atoms with Gasteiger partial charge in [0.25, 0.3) is 5.89 Å². The first-order valence-electron chi connectivity index (χ1n) is 7.18. The molecule has 0 aliphatic rings. The van der Waals surface area contributed by atoms with Gasteiger partial charge in [-0.2, -0.15) is 4.98 Å². The lowest BCUT2D eigenvalue weighted by atomic mass is 10.2. The fraction of sp³-hybridized carbons (Fsp3) is 0.125. The summed E-state index contributed by atoms with van der Waals surface area (Å²) in [5, 5.41) is 12.4. The topological polar surface area (TPSA) is 69.6 Å². The van der Waals surface area contributed by atoms with Crippen molar-refractivity contribution in [1.29, 1.82) is 0 Å². The summed E-state index contributed by atoms with van der Waals surface area (Å²) < 4.78 is 8.15. The Bertz CT molecular complexity index is 991. The van der Waals surface area contributed by atoms with Crippen LogP contribution in [0.2, 0.25) is 0 Å². The average molecular weight is 370 g/mol. The molecule has 0 saturated heterocycles. The molecule has 0 radical (unpaired) electrons. The lowest BCUT2D eigenvalue weighted by Crippen LogP contribution is -1.95. The number of hydrogen-bond acceptors (Lipinski definition) is 5. The van der Waals surface area contributed by atoms with Gasteiger partial charge in [-0.3, -0.25) is 0 Å². The van der Waals surface area contributed by atoms with Crippen LogP contribution < -0.4 is 0 Å². The predicted octanol–water partition coefficient (Wildman–Crippen LogP) is 3.93. The van der Waals surface area contributed by atoms with E-state index in [4.69, 9.17) is 4.52 Å². The second-order valence-corrected chi connectivity index (χ2v) is 5.87. The quantitative estimate of drug-likeness (QED) is 0.547. The molecule has 0 spiro atoms. The molecule has 0 saturated carbocycles. The van der Waals surface area contributed by atoms with Gasteiger partial charge in [-0.05, 0) is 53.2 Å². The monoisotopic (exact) mass is 369 g/mol. The van der Waals surface area contributed by atoms with Crippen LogP contribution in [0.15, 0.2) is 51.5 Å². The van der Waals surface area contributed by atoms with E-state index in [1.807, 2.05) is 54.1 Å². The number of aryl methyl sites for hydroxylation is 1. The summed E-state index contributed by atoms with van der Waals surface area (Å²) >= 11 is 3.49. The van der Waals surface area contributed by atoms with Gasteiger partial charge in [0.2, 0.25) is 5.82 Å². The molecule has 2 aromatic carbocycles. The van der Waals surface area contributed by atoms with Gasteiger partial charge in [0.05, 0.1) is 11.1 Å². The molecule has 4 rings (SSSR count). The zero-order chi connectivity index (χ0) is 15.8. The van der Waals surface area contributed by atoms with Crippen molar-refractivity contribution in [2.24, 2.45) is 0 Å². The Kier molecular flexibility index (Phi) is 3.42. The number of fused-ring (bicyclic) bond motifs is 1. The van der Waals surface area contributed by atoms with Crippen molar-refractivity contribution in [2.75, 3.05) is 0 Å². The molecule has 6 nitrogen and oxygen atoms in total. The normalized spacial score (nSPS) is 11.2. The summed E-state index contributed by atoms with van der Waals surface area (Å²) in [5.74, 6) is 1.01. The predicted molar refractivity (Wildman–Crippen MR) is 89.6 cm³/mol. The number of hydrogen-bond donors (Lipinski definition) is 0. The van der Waals surface area contributed by atoms with Gasteiger partial charge in [0.15, 0.2) is 0 Å². The highest BCUT2D eigenvalue weighted by Crippen LogP contribution is 2.29. The third-order valence-corrected chi connectivity index (χ3v) is 4.29. The van der Waals surface area contributed by atoms with Crippen molar-refractivity contribution in [3.63, 3.8) is 0 Å². The minimum absolute atomic E-state index is 0.477. The Morgan fingerprint density at radius 1 is 1.17 bits per heavy atom. The molecule has 0 aliphatic heterocycles. The van der Waals surface area contributed by atoms with Gasteiger partial charge >= 0.3 is 0 Å². The molecular weight excluding hydrogens is 358 g/mol. The van der Waals surface area contributed by atoms with E-state index in [1.165, 1.54) is 0 Å². The highest BCUT2D eigenvalue weighted by molar-refractivity contribution is 9.10. The molecule has 0 aliphatic carbocycles. The second kappa shape index (κ2) is 5.58. The molecule has 0 fully saturated rings. The Hall–Kier alpha value is -2.54. The highest BCUT2D eigenvalue weighted by atomic mass is 79.9. The van der Waals surface area contributed by atoms with Crippen LogP contribution in [0.3, 0.4) is 0 Å². The van der Waals surface area contributed by atoms with Crippen LogP contribution in [0.1, 0.15) is 6.92 Å². The van der Waals surface area contributed by atoms with Crippen LogP contribution in [-0.4, -0.2) is 25.1 Å². The van der Waals surface area contributed by atoms with E-state index in [0.29, 0.717) is 11.7 Å². The third kappa shape index (κ3) is 2.43. The summed E-state index contributed by atoms with van der Waals surface area (Å²) in [4.78, 5) is 4.48. The second-order valence-electron chi connectivity index (χ2n) is 5.01. The lowest BCUT2D eigenvalue weighted by molar-refractivity contribution is 0.432. The van der Waals surface area contributed by atoms with Gasteiger partial charge < -0.3 is 4.52 Å². The van der Waals surface area contributed by atoms with Gasteiger partial charge in [-0.25, -0.2) is 4.68 Å². The highest BCUT2D eigenvalue weighted by Gasteiger charge is 2.14. The molecule has 0 unspecified atom stereocenters. The standard InChI is InChI=1S/C16H12BrN5O/c1-2-22-14-8-7-10(9-13(14)19-21-22)15-18-16(23-20-15)11-5-3-4-6-12(11)17/h3-9H,2H2,1H3. The van der Waals surface area contributed by atoms with E-state index in [1.54, 1.807) is 0 Å². The van der Waals surface area contributed by atoms with Crippen LogP contribution >= 0.6 is 15.9 Å². The maximum atomic E-state index is 5.39. The first-order valence-corrected chi connectivity index (χ1v) is 7.98. The van der Waals surface area contributed by atoms with E-state index < -0.39 is 0 Å². The van der Waals surface area contributed by atoms with E-state index in [9.17, 15) is 0 Å². The molecule has 0 N–H and O–H groups in total. The van der Waals surface area contributed by atoms with E-state index in [2.05, 4.69) is 36.4 Å². The minimum Gasteiger partial charge on any atom is -0.334 e. The van der Waals surface area contributed by atoms with Crippen LogP contribution in [0.5, 0.6) is 0 Å². The third-order valence-electron chi connectivity index (χ3n) is 3.60. The Morgan fingerprint density at radius 2 is 2.04 bits per heavy atom. The van der Waals surface area contributed by atoms with Crippen LogP contribution in [0.4, 0.5) is 0 Å². The molecule has 0 amide bonds. The molecular formula is C16H12BrN5O. The zero-order valence-electron chi connectivity index (χ0n) is 12.3. The van der Waals surface area contributed by atoms with Gasteiger partial charge in [-0.15, -0.1) is 5.10 Å². The smallest absolute Gasteiger partial charge is 0.259 e. The molecule has 7 heteroatoms. The Morgan fingerprint density at radius 3 is 2.87 bits per heavy atom. The fourth-order valence-corrected chi connectivity index (χ4v) is 2.88. The van der Waals surface area contributed by atoms with Crippen molar-refractivity contribution in [1.82, 2.24) is 25.1 Å². The van der Waals surface area contributed by atoms with Gasteiger partial charge in [0.1, 0.15) is 5.52 Å². The zero-order valence-corrected chi connectivity index (χ0v) is 13.9. The molecule has 2 aromatic heterocycles. The molecule has 114 valence electrons. The van der Waals surface area contributed by atoms with Crippen molar-refractivity contribution in [2.45, 2.75) is 13.5 Å². The Labute approximate surface area is 140 Å². The maximum Gasteiger partial charge on any atom is 0.259 e.